The molecule has 1 atom stereocenters. The molecule has 0 saturated carbocycles. The van der Waals surface area contributed by atoms with Crippen LogP contribution in [0.1, 0.15) is 12.6 Å². The number of amides is 1. The molecule has 1 aromatic rings. The number of carbonyl (C=O) groups is 1. The van der Waals surface area contributed by atoms with Crippen molar-refractivity contribution in [2.45, 2.75) is 26.1 Å². The van der Waals surface area contributed by atoms with Crippen molar-refractivity contribution in [2.24, 2.45) is 5.73 Å². The Morgan fingerprint density at radius 1 is 1.69 bits per heavy atom. The molecular weight excluding hydrogens is 206 g/mol. The van der Waals surface area contributed by atoms with E-state index in [1.807, 2.05) is 29.8 Å². The third kappa shape index (κ3) is 3.67. The van der Waals surface area contributed by atoms with Crippen LogP contribution in [0.4, 0.5) is 0 Å². The highest BCUT2D eigenvalue weighted by Crippen LogP contribution is 2.00. The molecule has 5 nitrogen and oxygen atoms in total. The lowest BCUT2D eigenvalue weighted by molar-refractivity contribution is -0.122. The zero-order valence-corrected chi connectivity index (χ0v) is 9.77. The van der Waals surface area contributed by atoms with Crippen LogP contribution in [0, 0.1) is 0 Å². The van der Waals surface area contributed by atoms with Gasteiger partial charge in [0.2, 0.25) is 5.91 Å². The largest absolute Gasteiger partial charge is 0.383 e. The summed E-state index contributed by atoms with van der Waals surface area (Å²) in [6.45, 7) is 3.16. The van der Waals surface area contributed by atoms with Crippen LogP contribution in [0.2, 0.25) is 0 Å². The minimum Gasteiger partial charge on any atom is -0.383 e. The second-order valence-corrected chi connectivity index (χ2v) is 3.76. The highest BCUT2D eigenvalue weighted by atomic mass is 16.5. The Labute approximate surface area is 95.6 Å². The molecule has 0 aromatic carbocycles. The van der Waals surface area contributed by atoms with Gasteiger partial charge in [0.25, 0.3) is 0 Å². The molecule has 0 bridgehead atoms. The monoisotopic (exact) mass is 225 g/mol. The predicted octanol–water partition coefficient (Wildman–Crippen LogP) is 0.0979. The summed E-state index contributed by atoms with van der Waals surface area (Å²) in [6, 6.07) is 3.81. The standard InChI is InChI=1S/C11H19N3O2/c1-9(8-16-2)13-11(15)7-14-5-3-4-10(14)6-12/h3-5,9H,6-8,12H2,1-2H3,(H,13,15). The maximum Gasteiger partial charge on any atom is 0.240 e. The number of hydrogen-bond acceptors (Lipinski definition) is 3. The Morgan fingerprint density at radius 3 is 3.06 bits per heavy atom. The lowest BCUT2D eigenvalue weighted by Gasteiger charge is -2.14. The van der Waals surface area contributed by atoms with E-state index in [1.165, 1.54) is 0 Å². The summed E-state index contributed by atoms with van der Waals surface area (Å²) < 4.78 is 6.79. The Bertz CT molecular complexity index is 336. The Kier molecular flexibility index (Phi) is 5.01. The molecule has 1 heterocycles. The lowest BCUT2D eigenvalue weighted by atomic mass is 10.3. The highest BCUT2D eigenvalue weighted by Gasteiger charge is 2.08. The van der Waals surface area contributed by atoms with Gasteiger partial charge in [0, 0.05) is 31.6 Å². The van der Waals surface area contributed by atoms with E-state index in [1.54, 1.807) is 7.11 Å². The number of nitrogens with two attached hydrogens (primary N) is 1. The zero-order chi connectivity index (χ0) is 12.0. The topological polar surface area (TPSA) is 69.3 Å². The normalized spacial score (nSPS) is 12.4. The van der Waals surface area contributed by atoms with Gasteiger partial charge in [-0.05, 0) is 19.1 Å². The second kappa shape index (κ2) is 6.30. The molecular formula is C11H19N3O2. The van der Waals surface area contributed by atoms with Gasteiger partial charge in [0.05, 0.1) is 6.61 Å². The van der Waals surface area contributed by atoms with E-state index in [4.69, 9.17) is 10.5 Å². The van der Waals surface area contributed by atoms with Gasteiger partial charge in [-0.3, -0.25) is 4.79 Å². The fourth-order valence-electron chi connectivity index (χ4n) is 1.56. The molecule has 0 aliphatic rings. The van der Waals surface area contributed by atoms with Crippen molar-refractivity contribution in [1.82, 2.24) is 9.88 Å². The van der Waals surface area contributed by atoms with Crippen LogP contribution < -0.4 is 11.1 Å². The molecule has 0 radical (unpaired) electrons. The van der Waals surface area contributed by atoms with Gasteiger partial charge in [-0.25, -0.2) is 0 Å². The number of nitrogens with zero attached hydrogens (tertiary/aromatic N) is 1. The summed E-state index contributed by atoms with van der Waals surface area (Å²) in [5.41, 5.74) is 6.50. The number of rotatable bonds is 6. The van der Waals surface area contributed by atoms with E-state index < -0.39 is 0 Å². The second-order valence-electron chi connectivity index (χ2n) is 3.76. The maximum absolute atomic E-state index is 11.6. The highest BCUT2D eigenvalue weighted by molar-refractivity contribution is 5.76. The van der Waals surface area contributed by atoms with Crippen LogP contribution in [0.5, 0.6) is 0 Å². The molecule has 16 heavy (non-hydrogen) atoms. The van der Waals surface area contributed by atoms with Crippen molar-refractivity contribution in [1.29, 1.82) is 0 Å². The third-order valence-corrected chi connectivity index (χ3v) is 2.27. The van der Waals surface area contributed by atoms with Crippen LogP contribution in [-0.4, -0.2) is 30.2 Å². The van der Waals surface area contributed by atoms with Gasteiger partial charge < -0.3 is 20.4 Å². The van der Waals surface area contributed by atoms with Crippen LogP contribution in [0.3, 0.4) is 0 Å². The molecule has 1 amide bonds. The van der Waals surface area contributed by atoms with Crippen LogP contribution in [-0.2, 0) is 22.6 Å². The zero-order valence-electron chi connectivity index (χ0n) is 9.77. The first kappa shape index (κ1) is 12.7. The fourth-order valence-corrected chi connectivity index (χ4v) is 1.56. The summed E-state index contributed by atoms with van der Waals surface area (Å²) in [7, 11) is 1.61. The molecule has 0 aliphatic carbocycles. The third-order valence-electron chi connectivity index (χ3n) is 2.27. The minimum absolute atomic E-state index is 0.0226. The Hall–Kier alpha value is -1.33. The Balaban J connectivity index is 2.45. The molecule has 1 aromatic heterocycles. The summed E-state index contributed by atoms with van der Waals surface area (Å²) in [6.07, 6.45) is 1.85. The first-order valence-corrected chi connectivity index (χ1v) is 5.29. The summed E-state index contributed by atoms with van der Waals surface area (Å²) in [5, 5.41) is 2.84. The summed E-state index contributed by atoms with van der Waals surface area (Å²) in [5.74, 6) is -0.0320. The first-order chi connectivity index (χ1) is 7.67. The average Bonchev–Trinajstić information content (AvgIpc) is 2.65. The number of ether oxygens (including phenoxy) is 1. The molecule has 0 spiro atoms. The van der Waals surface area contributed by atoms with E-state index >= 15 is 0 Å². The number of hydrogen-bond donors (Lipinski definition) is 2. The van der Waals surface area contributed by atoms with E-state index in [-0.39, 0.29) is 11.9 Å². The van der Waals surface area contributed by atoms with E-state index in [9.17, 15) is 4.79 Å². The first-order valence-electron chi connectivity index (χ1n) is 5.29. The maximum atomic E-state index is 11.6. The number of aromatic nitrogens is 1. The van der Waals surface area contributed by atoms with Crippen molar-refractivity contribution in [3.05, 3.63) is 24.0 Å². The summed E-state index contributed by atoms with van der Waals surface area (Å²) >= 11 is 0. The van der Waals surface area contributed by atoms with E-state index in [2.05, 4.69) is 5.32 Å². The van der Waals surface area contributed by atoms with Crippen LogP contribution in [0.25, 0.3) is 0 Å². The molecule has 1 rings (SSSR count). The fraction of sp³-hybridized carbons (Fsp3) is 0.545. The van der Waals surface area contributed by atoms with Crippen molar-refractivity contribution in [3.8, 4) is 0 Å². The van der Waals surface area contributed by atoms with E-state index in [0.717, 1.165) is 5.69 Å². The molecule has 1 unspecified atom stereocenters. The SMILES string of the molecule is COCC(C)NC(=O)Cn1cccc1CN. The number of carbonyl (C=O) groups excluding carboxylic acids is 1. The van der Waals surface area contributed by atoms with Crippen LogP contribution >= 0.6 is 0 Å². The van der Waals surface area contributed by atoms with Crippen molar-refractivity contribution >= 4 is 5.91 Å². The molecule has 5 heteroatoms. The molecule has 0 fully saturated rings. The van der Waals surface area contributed by atoms with Gasteiger partial charge in [0.15, 0.2) is 0 Å². The lowest BCUT2D eigenvalue weighted by Crippen LogP contribution is -2.37. The quantitative estimate of drug-likeness (QED) is 0.721. The van der Waals surface area contributed by atoms with E-state index in [0.29, 0.717) is 19.7 Å². The minimum atomic E-state index is -0.0320. The number of methoxy groups -OCH3 is 1. The molecule has 0 aliphatic heterocycles. The molecule has 3 N–H and O–H groups in total. The smallest absolute Gasteiger partial charge is 0.240 e. The van der Waals surface area contributed by atoms with Gasteiger partial charge >= 0.3 is 0 Å². The predicted molar refractivity (Wildman–Crippen MR) is 61.8 cm³/mol. The van der Waals surface area contributed by atoms with Gasteiger partial charge in [-0.15, -0.1) is 0 Å². The Morgan fingerprint density at radius 2 is 2.44 bits per heavy atom. The van der Waals surface area contributed by atoms with Crippen molar-refractivity contribution in [3.63, 3.8) is 0 Å². The number of nitrogens with one attached hydrogen (secondary N) is 1. The van der Waals surface area contributed by atoms with Gasteiger partial charge in [-0.1, -0.05) is 0 Å². The van der Waals surface area contributed by atoms with Crippen molar-refractivity contribution in [2.75, 3.05) is 13.7 Å². The van der Waals surface area contributed by atoms with Crippen molar-refractivity contribution < 1.29 is 9.53 Å². The molecule has 0 saturated heterocycles. The average molecular weight is 225 g/mol. The summed E-state index contributed by atoms with van der Waals surface area (Å²) in [4.78, 5) is 11.6. The van der Waals surface area contributed by atoms with Gasteiger partial charge in [0.1, 0.15) is 6.54 Å². The van der Waals surface area contributed by atoms with Gasteiger partial charge in [-0.2, -0.15) is 0 Å². The van der Waals surface area contributed by atoms with Crippen LogP contribution in [0.15, 0.2) is 18.3 Å². The molecule has 90 valence electrons.